The third-order valence-corrected chi connectivity index (χ3v) is 9.56. The van der Waals surface area contributed by atoms with Crippen LogP contribution in [0.2, 0.25) is 10.0 Å². The fourth-order valence-corrected chi connectivity index (χ4v) is 6.87. The third-order valence-electron chi connectivity index (χ3n) is 8.96. The number of carboxylic acids is 1. The number of halogens is 2. The van der Waals surface area contributed by atoms with Gasteiger partial charge in [0, 0.05) is 30.7 Å². The van der Waals surface area contributed by atoms with Gasteiger partial charge in [-0.1, -0.05) is 42.3 Å². The van der Waals surface area contributed by atoms with Crippen LogP contribution in [0.5, 0.6) is 0 Å². The number of hydrogen-bond acceptors (Lipinski definition) is 6. The molecule has 1 aliphatic carbocycles. The van der Waals surface area contributed by atoms with Gasteiger partial charge in [0.1, 0.15) is 5.02 Å². The summed E-state index contributed by atoms with van der Waals surface area (Å²) in [6, 6.07) is 6.42. The van der Waals surface area contributed by atoms with Crippen molar-refractivity contribution in [3.05, 3.63) is 45.6 Å². The van der Waals surface area contributed by atoms with Crippen molar-refractivity contribution < 1.29 is 9.90 Å². The lowest BCUT2D eigenvalue weighted by molar-refractivity contribution is -0.161. The van der Waals surface area contributed by atoms with Gasteiger partial charge in [0.2, 0.25) is 5.95 Å². The molecule has 2 unspecified atom stereocenters. The first kappa shape index (κ1) is 26.5. The number of aliphatic carboxylic acids is 1. The number of carboxylic acid groups (broad SMARTS) is 1. The molecule has 3 fully saturated rings. The Morgan fingerprint density at radius 1 is 1.22 bits per heavy atom. The lowest BCUT2D eigenvalue weighted by Gasteiger charge is -2.53. The van der Waals surface area contributed by atoms with Crippen molar-refractivity contribution >= 4 is 40.9 Å². The fourth-order valence-electron chi connectivity index (χ4n) is 6.32. The minimum Gasteiger partial charge on any atom is -0.481 e. The van der Waals surface area contributed by atoms with Gasteiger partial charge in [-0.05, 0) is 81.5 Å². The molecule has 0 bridgehead atoms. The predicted molar refractivity (Wildman–Crippen MR) is 149 cm³/mol. The minimum atomic E-state index is -0.623. The first-order chi connectivity index (χ1) is 17.7. The maximum absolute atomic E-state index is 11.7. The second-order valence-corrected chi connectivity index (χ2v) is 12.1. The highest BCUT2D eigenvalue weighted by atomic mass is 35.5. The van der Waals surface area contributed by atoms with Crippen molar-refractivity contribution in [3.63, 3.8) is 0 Å². The summed E-state index contributed by atoms with van der Waals surface area (Å²) in [6.45, 7) is 10.1. The van der Waals surface area contributed by atoms with E-state index in [1.165, 1.54) is 12.8 Å². The summed E-state index contributed by atoms with van der Waals surface area (Å²) in [5.41, 5.74) is 1.63. The summed E-state index contributed by atoms with van der Waals surface area (Å²) < 4.78 is 0. The Morgan fingerprint density at radius 3 is 2.65 bits per heavy atom. The van der Waals surface area contributed by atoms with Crippen LogP contribution in [-0.2, 0) is 4.79 Å². The van der Waals surface area contributed by atoms with Gasteiger partial charge in [-0.2, -0.15) is 4.98 Å². The van der Waals surface area contributed by atoms with Gasteiger partial charge in [0.05, 0.1) is 17.7 Å². The van der Waals surface area contributed by atoms with Crippen LogP contribution in [0.25, 0.3) is 0 Å². The highest BCUT2D eigenvalue weighted by molar-refractivity contribution is 6.33. The number of piperidine rings is 1. The number of rotatable bonds is 8. The molecule has 2 aromatic rings. The topological polar surface area (TPSA) is 81.6 Å². The summed E-state index contributed by atoms with van der Waals surface area (Å²) >= 11 is 12.9. The van der Waals surface area contributed by atoms with E-state index in [-0.39, 0.29) is 6.04 Å². The summed E-state index contributed by atoms with van der Waals surface area (Å²) in [7, 11) is 0. The maximum Gasteiger partial charge on any atom is 0.309 e. The van der Waals surface area contributed by atoms with Gasteiger partial charge in [0.25, 0.3) is 0 Å². The highest BCUT2D eigenvalue weighted by Crippen LogP contribution is 2.48. The molecule has 2 saturated heterocycles. The molecule has 37 heavy (non-hydrogen) atoms. The van der Waals surface area contributed by atoms with Crippen LogP contribution in [0, 0.1) is 24.2 Å². The molecule has 7 nitrogen and oxygen atoms in total. The van der Waals surface area contributed by atoms with Crippen LogP contribution >= 0.6 is 23.2 Å². The Bertz CT molecular complexity index is 1150. The van der Waals surface area contributed by atoms with E-state index < -0.39 is 11.4 Å². The molecule has 0 radical (unpaired) electrons. The van der Waals surface area contributed by atoms with Gasteiger partial charge >= 0.3 is 5.97 Å². The molecule has 0 amide bonds. The van der Waals surface area contributed by atoms with E-state index in [2.05, 4.69) is 26.2 Å². The Hall–Kier alpha value is -2.09. The molecule has 2 aliphatic heterocycles. The number of carbonyl (C=O) groups is 1. The quantitative estimate of drug-likeness (QED) is 0.417. The van der Waals surface area contributed by atoms with E-state index in [1.54, 1.807) is 6.20 Å². The second-order valence-electron chi connectivity index (χ2n) is 11.3. The van der Waals surface area contributed by atoms with Crippen LogP contribution in [0.3, 0.4) is 0 Å². The van der Waals surface area contributed by atoms with Crippen LogP contribution in [0.15, 0.2) is 24.4 Å². The lowest BCUT2D eigenvalue weighted by atomic mass is 9.63. The smallest absolute Gasteiger partial charge is 0.309 e. The first-order valence-electron chi connectivity index (χ1n) is 13.5. The summed E-state index contributed by atoms with van der Waals surface area (Å²) in [5, 5.41) is 14.3. The van der Waals surface area contributed by atoms with Crippen LogP contribution in [0.1, 0.15) is 63.1 Å². The number of aromatic nitrogens is 2. The van der Waals surface area contributed by atoms with E-state index in [9.17, 15) is 9.90 Å². The van der Waals surface area contributed by atoms with Gasteiger partial charge in [-0.25, -0.2) is 4.98 Å². The Morgan fingerprint density at radius 2 is 1.97 bits per heavy atom. The lowest BCUT2D eigenvalue weighted by Crippen LogP contribution is -2.59. The molecule has 3 heterocycles. The van der Waals surface area contributed by atoms with Gasteiger partial charge < -0.3 is 20.2 Å². The number of nitrogens with one attached hydrogen (secondary N) is 1. The third kappa shape index (κ3) is 5.27. The Labute approximate surface area is 229 Å². The fraction of sp³-hybridized carbons (Fsp3) is 0.607. The number of hydrogen-bond donors (Lipinski definition) is 2. The van der Waals surface area contributed by atoms with Crippen molar-refractivity contribution in [1.82, 2.24) is 14.9 Å². The molecule has 2 N–H and O–H groups in total. The molecule has 5 rings (SSSR count). The van der Waals surface area contributed by atoms with Crippen LogP contribution in [0.4, 0.5) is 11.8 Å². The molecule has 2 atom stereocenters. The van der Waals surface area contributed by atoms with Crippen LogP contribution < -0.4 is 10.2 Å². The zero-order chi connectivity index (χ0) is 26.3. The highest BCUT2D eigenvalue weighted by Gasteiger charge is 2.51. The van der Waals surface area contributed by atoms with Crippen LogP contribution in [-0.4, -0.2) is 58.2 Å². The Kier molecular flexibility index (Phi) is 7.58. The average molecular weight is 547 g/mol. The van der Waals surface area contributed by atoms with Gasteiger partial charge in [-0.3, -0.25) is 4.79 Å². The molecule has 200 valence electrons. The number of nitrogens with zero attached hydrogens (tertiary/aromatic N) is 4. The molecule has 9 heteroatoms. The molecule has 1 saturated carbocycles. The van der Waals surface area contributed by atoms with Crippen molar-refractivity contribution in [1.29, 1.82) is 0 Å². The van der Waals surface area contributed by atoms with Crippen molar-refractivity contribution in [2.45, 2.75) is 65.0 Å². The normalized spacial score (nSPS) is 27.3. The first-order valence-corrected chi connectivity index (χ1v) is 14.2. The zero-order valence-corrected chi connectivity index (χ0v) is 23.4. The average Bonchev–Trinajstić information content (AvgIpc) is 2.80. The van der Waals surface area contributed by atoms with E-state index in [0.29, 0.717) is 34.7 Å². The molecule has 3 aliphatic rings. The van der Waals surface area contributed by atoms with E-state index in [1.807, 2.05) is 32.9 Å². The van der Waals surface area contributed by atoms with Crippen molar-refractivity contribution in [2.75, 3.05) is 36.4 Å². The Balaban J connectivity index is 1.17. The molecule has 1 aromatic heterocycles. The minimum absolute atomic E-state index is 0.0511. The summed E-state index contributed by atoms with van der Waals surface area (Å²) in [5.74, 6) is 1.94. The van der Waals surface area contributed by atoms with Gasteiger partial charge in [-0.15, -0.1) is 0 Å². The molecule has 0 spiro atoms. The molecular weight excluding hydrogens is 509 g/mol. The summed E-state index contributed by atoms with van der Waals surface area (Å²) in [4.78, 5) is 25.8. The number of anilines is 2. The van der Waals surface area contributed by atoms with E-state index in [4.69, 9.17) is 28.2 Å². The number of benzene rings is 1. The SMILES string of the molecule is CCC1(C(=O)O)CC(N2CCCC(C3CN(c4ncc(Cl)c(NC(C)c5ccc(C)cc5Cl)n4)C3)C2)C1. The standard InChI is InChI=1S/C28H37Cl2N5O2/c1-4-28(26(36)37)11-21(12-28)34-9-5-6-19(14-34)20-15-35(16-20)27-31-13-24(30)25(33-27)32-18(3)22-8-7-17(2)10-23(22)29/h7-8,10,13,18-21H,4-6,9,11-12,14-16H2,1-3H3,(H,36,37)(H,31,32,33). The van der Waals surface area contributed by atoms with Crippen molar-refractivity contribution in [3.8, 4) is 0 Å². The van der Waals surface area contributed by atoms with Gasteiger partial charge in [0.15, 0.2) is 5.82 Å². The predicted octanol–water partition coefficient (Wildman–Crippen LogP) is 6.06. The monoisotopic (exact) mass is 545 g/mol. The van der Waals surface area contributed by atoms with E-state index >= 15 is 0 Å². The largest absolute Gasteiger partial charge is 0.481 e. The summed E-state index contributed by atoms with van der Waals surface area (Å²) in [6.07, 6.45) is 6.41. The maximum atomic E-state index is 11.7. The number of likely N-dealkylation sites (tertiary alicyclic amines) is 1. The van der Waals surface area contributed by atoms with E-state index in [0.717, 1.165) is 61.6 Å². The molecular formula is C28H37Cl2N5O2. The number of aryl methyl sites for hydroxylation is 1. The van der Waals surface area contributed by atoms with Crippen molar-refractivity contribution in [2.24, 2.45) is 17.3 Å². The second kappa shape index (κ2) is 10.6. The zero-order valence-electron chi connectivity index (χ0n) is 21.9. The molecule has 1 aromatic carbocycles.